The SMILES string of the molecule is CC(CC(=O)NN)C(=O)O. The van der Waals surface area contributed by atoms with Crippen LogP contribution in [0.5, 0.6) is 0 Å². The Hall–Kier alpha value is -1.10. The van der Waals surface area contributed by atoms with Crippen LogP contribution in [0, 0.1) is 5.92 Å². The summed E-state index contributed by atoms with van der Waals surface area (Å²) >= 11 is 0. The van der Waals surface area contributed by atoms with Crippen LogP contribution in [0.25, 0.3) is 0 Å². The zero-order chi connectivity index (χ0) is 8.15. The molecule has 0 aliphatic rings. The number of carbonyl (C=O) groups excluding carboxylic acids is 1. The number of nitrogens with two attached hydrogens (primary N) is 1. The third-order valence-electron chi connectivity index (χ3n) is 1.07. The highest BCUT2D eigenvalue weighted by atomic mass is 16.4. The van der Waals surface area contributed by atoms with Crippen LogP contribution in [0.2, 0.25) is 0 Å². The van der Waals surface area contributed by atoms with Gasteiger partial charge in [-0.25, -0.2) is 5.84 Å². The standard InChI is InChI=1S/C5H10N2O3/c1-3(5(9)10)2-4(8)7-6/h3H,2,6H2,1H3,(H,7,8)(H,9,10). The number of carboxylic acid groups (broad SMARTS) is 1. The van der Waals surface area contributed by atoms with Gasteiger partial charge in [-0.05, 0) is 0 Å². The minimum absolute atomic E-state index is 0.0775. The first-order chi connectivity index (χ1) is 4.57. The lowest BCUT2D eigenvalue weighted by Crippen LogP contribution is -2.32. The molecule has 0 radical (unpaired) electrons. The summed E-state index contributed by atoms with van der Waals surface area (Å²) in [6.45, 7) is 1.44. The van der Waals surface area contributed by atoms with Crippen LogP contribution in [-0.4, -0.2) is 17.0 Å². The van der Waals surface area contributed by atoms with Crippen molar-refractivity contribution in [1.29, 1.82) is 0 Å². The summed E-state index contributed by atoms with van der Waals surface area (Å²) in [5.41, 5.74) is 1.85. The fraction of sp³-hybridized carbons (Fsp3) is 0.600. The number of nitrogens with one attached hydrogen (secondary N) is 1. The van der Waals surface area contributed by atoms with Crippen molar-refractivity contribution in [3.05, 3.63) is 0 Å². The van der Waals surface area contributed by atoms with Crippen molar-refractivity contribution in [1.82, 2.24) is 5.43 Å². The molecule has 4 N–H and O–H groups in total. The summed E-state index contributed by atoms with van der Waals surface area (Å²) in [5.74, 6) is 2.59. The first-order valence-electron chi connectivity index (χ1n) is 2.80. The molecule has 0 saturated carbocycles. The van der Waals surface area contributed by atoms with E-state index in [0.717, 1.165) is 0 Å². The van der Waals surface area contributed by atoms with Crippen LogP contribution >= 0.6 is 0 Å². The lowest BCUT2D eigenvalue weighted by atomic mass is 10.1. The number of carboxylic acids is 1. The van der Waals surface area contributed by atoms with Gasteiger partial charge in [0.25, 0.3) is 0 Å². The molecule has 0 bridgehead atoms. The van der Waals surface area contributed by atoms with E-state index in [1.54, 1.807) is 0 Å². The van der Waals surface area contributed by atoms with Crippen molar-refractivity contribution in [3.8, 4) is 0 Å². The van der Waals surface area contributed by atoms with Crippen LogP contribution in [0.1, 0.15) is 13.3 Å². The highest BCUT2D eigenvalue weighted by molar-refractivity contribution is 5.81. The molecular weight excluding hydrogens is 136 g/mol. The van der Waals surface area contributed by atoms with Crippen LogP contribution in [0.15, 0.2) is 0 Å². The van der Waals surface area contributed by atoms with Gasteiger partial charge in [0.05, 0.1) is 5.92 Å². The first-order valence-corrected chi connectivity index (χ1v) is 2.80. The van der Waals surface area contributed by atoms with E-state index in [9.17, 15) is 9.59 Å². The number of aliphatic carboxylic acids is 1. The first kappa shape index (κ1) is 8.90. The second kappa shape index (κ2) is 3.84. The Balaban J connectivity index is 3.68. The number of rotatable bonds is 3. The Morgan fingerprint density at radius 1 is 1.70 bits per heavy atom. The molecule has 0 spiro atoms. The molecule has 0 rings (SSSR count). The molecule has 0 aliphatic carbocycles. The van der Waals surface area contributed by atoms with E-state index >= 15 is 0 Å². The quantitative estimate of drug-likeness (QED) is 0.273. The molecule has 1 unspecified atom stereocenters. The van der Waals surface area contributed by atoms with Gasteiger partial charge in [-0.3, -0.25) is 15.0 Å². The number of carbonyl (C=O) groups is 2. The summed E-state index contributed by atoms with van der Waals surface area (Å²) in [7, 11) is 0. The van der Waals surface area contributed by atoms with Crippen molar-refractivity contribution in [2.45, 2.75) is 13.3 Å². The van der Waals surface area contributed by atoms with E-state index in [2.05, 4.69) is 0 Å². The van der Waals surface area contributed by atoms with Gasteiger partial charge in [0.2, 0.25) is 5.91 Å². The molecule has 0 aliphatic heterocycles. The van der Waals surface area contributed by atoms with E-state index in [0.29, 0.717) is 0 Å². The highest BCUT2D eigenvalue weighted by Gasteiger charge is 2.14. The zero-order valence-corrected chi connectivity index (χ0v) is 5.63. The lowest BCUT2D eigenvalue weighted by molar-refractivity contribution is -0.143. The molecular formula is C5H10N2O3. The Bertz CT molecular complexity index is 146. The van der Waals surface area contributed by atoms with E-state index in [-0.39, 0.29) is 6.42 Å². The minimum Gasteiger partial charge on any atom is -0.481 e. The van der Waals surface area contributed by atoms with Gasteiger partial charge in [0.15, 0.2) is 0 Å². The molecule has 1 atom stereocenters. The zero-order valence-electron chi connectivity index (χ0n) is 5.63. The lowest BCUT2D eigenvalue weighted by Gasteiger charge is -2.02. The molecule has 0 aromatic rings. The maximum absolute atomic E-state index is 10.4. The predicted molar refractivity (Wildman–Crippen MR) is 33.7 cm³/mol. The van der Waals surface area contributed by atoms with Gasteiger partial charge >= 0.3 is 5.97 Å². The van der Waals surface area contributed by atoms with Gasteiger partial charge < -0.3 is 5.11 Å². The topological polar surface area (TPSA) is 92.4 Å². The van der Waals surface area contributed by atoms with E-state index in [4.69, 9.17) is 10.9 Å². The average molecular weight is 146 g/mol. The van der Waals surface area contributed by atoms with Gasteiger partial charge in [0.1, 0.15) is 0 Å². The largest absolute Gasteiger partial charge is 0.481 e. The Kier molecular flexibility index (Phi) is 3.42. The third-order valence-corrected chi connectivity index (χ3v) is 1.07. The Morgan fingerprint density at radius 2 is 2.20 bits per heavy atom. The van der Waals surface area contributed by atoms with Crippen molar-refractivity contribution >= 4 is 11.9 Å². The molecule has 1 amide bonds. The van der Waals surface area contributed by atoms with Crippen molar-refractivity contribution in [3.63, 3.8) is 0 Å². The molecule has 10 heavy (non-hydrogen) atoms. The van der Waals surface area contributed by atoms with Gasteiger partial charge in [-0.1, -0.05) is 6.92 Å². The second-order valence-electron chi connectivity index (χ2n) is 2.01. The molecule has 58 valence electrons. The van der Waals surface area contributed by atoms with E-state index in [1.165, 1.54) is 6.92 Å². The number of hydrogen-bond acceptors (Lipinski definition) is 3. The average Bonchev–Trinajstić information content (AvgIpc) is 1.87. The van der Waals surface area contributed by atoms with Crippen LogP contribution in [0.3, 0.4) is 0 Å². The number of hydrogen-bond donors (Lipinski definition) is 3. The molecule has 0 heterocycles. The highest BCUT2D eigenvalue weighted by Crippen LogP contribution is 1.99. The van der Waals surface area contributed by atoms with Gasteiger partial charge in [-0.15, -0.1) is 0 Å². The third kappa shape index (κ3) is 3.03. The van der Waals surface area contributed by atoms with Gasteiger partial charge in [0, 0.05) is 6.42 Å². The Labute approximate surface area is 58.2 Å². The van der Waals surface area contributed by atoms with Crippen molar-refractivity contribution in [2.75, 3.05) is 0 Å². The summed E-state index contributed by atoms with van der Waals surface area (Å²) in [4.78, 5) is 20.6. The van der Waals surface area contributed by atoms with Crippen LogP contribution in [0.4, 0.5) is 0 Å². The normalized spacial score (nSPS) is 12.2. The molecule has 0 aromatic carbocycles. The maximum Gasteiger partial charge on any atom is 0.306 e. The molecule has 5 heteroatoms. The molecule has 5 nitrogen and oxygen atoms in total. The fourth-order valence-electron chi connectivity index (χ4n) is 0.424. The summed E-state index contributed by atoms with van der Waals surface area (Å²) in [5, 5.41) is 8.31. The summed E-state index contributed by atoms with van der Waals surface area (Å²) in [6, 6.07) is 0. The van der Waals surface area contributed by atoms with Crippen molar-refractivity contribution < 1.29 is 14.7 Å². The molecule has 0 aromatic heterocycles. The molecule has 0 fully saturated rings. The predicted octanol–water partition coefficient (Wildman–Crippen LogP) is -0.913. The summed E-state index contributed by atoms with van der Waals surface area (Å²) < 4.78 is 0. The summed E-state index contributed by atoms with van der Waals surface area (Å²) in [6.07, 6.45) is -0.0775. The minimum atomic E-state index is -0.997. The number of amides is 1. The van der Waals surface area contributed by atoms with E-state index < -0.39 is 17.8 Å². The number of hydrazine groups is 1. The van der Waals surface area contributed by atoms with E-state index in [1.807, 2.05) is 5.43 Å². The molecule has 0 saturated heterocycles. The van der Waals surface area contributed by atoms with Crippen LogP contribution in [-0.2, 0) is 9.59 Å². The monoisotopic (exact) mass is 146 g/mol. The van der Waals surface area contributed by atoms with Crippen molar-refractivity contribution in [2.24, 2.45) is 11.8 Å². The smallest absolute Gasteiger partial charge is 0.306 e. The van der Waals surface area contributed by atoms with Crippen LogP contribution < -0.4 is 11.3 Å². The van der Waals surface area contributed by atoms with Gasteiger partial charge in [-0.2, -0.15) is 0 Å². The Morgan fingerprint density at radius 3 is 2.50 bits per heavy atom. The fourth-order valence-corrected chi connectivity index (χ4v) is 0.424. The second-order valence-corrected chi connectivity index (χ2v) is 2.01. The maximum atomic E-state index is 10.4.